The third-order valence-electron chi connectivity index (χ3n) is 4.65. The zero-order valence-electron chi connectivity index (χ0n) is 16.7. The molecule has 0 atom stereocenters. The number of nitrogens with zero attached hydrogens (tertiary/aromatic N) is 1. The molecule has 0 saturated heterocycles. The smallest absolute Gasteiger partial charge is 0.306 e. The Morgan fingerprint density at radius 2 is 1.67 bits per heavy atom. The lowest BCUT2D eigenvalue weighted by Gasteiger charge is -2.13. The Balaban J connectivity index is 1.43. The average molecular weight is 473 g/mol. The van der Waals surface area contributed by atoms with Crippen molar-refractivity contribution >= 4 is 45.3 Å². The van der Waals surface area contributed by atoms with Crippen LogP contribution in [0.1, 0.15) is 44.7 Å². The Hall–Kier alpha value is -3.00. The van der Waals surface area contributed by atoms with Crippen LogP contribution in [-0.4, -0.2) is 41.7 Å². The van der Waals surface area contributed by atoms with Crippen LogP contribution in [0.5, 0.6) is 0 Å². The van der Waals surface area contributed by atoms with E-state index in [1.807, 2.05) is 26.0 Å². The molecule has 0 bridgehead atoms. The second-order valence-corrected chi connectivity index (χ2v) is 7.96. The Morgan fingerprint density at radius 1 is 1.00 bits per heavy atom. The maximum atomic E-state index is 12.4. The summed E-state index contributed by atoms with van der Waals surface area (Å²) in [4.78, 5) is 49.8. The number of benzene rings is 2. The average Bonchev–Trinajstić information content (AvgIpc) is 2.93. The lowest BCUT2D eigenvalue weighted by atomic mass is 10.1. The number of halogens is 1. The van der Waals surface area contributed by atoms with Gasteiger partial charge in [-0.2, -0.15) is 0 Å². The summed E-state index contributed by atoms with van der Waals surface area (Å²) in [6, 6.07) is 10.6. The van der Waals surface area contributed by atoms with E-state index in [1.54, 1.807) is 24.3 Å². The summed E-state index contributed by atoms with van der Waals surface area (Å²) >= 11 is 3.36. The first kappa shape index (κ1) is 21.7. The topological polar surface area (TPSA) is 92.8 Å². The fraction of sp³-hybridized carbons (Fsp3) is 0.273. The number of hydrogen-bond acceptors (Lipinski definition) is 5. The van der Waals surface area contributed by atoms with E-state index in [-0.39, 0.29) is 31.2 Å². The van der Waals surface area contributed by atoms with Gasteiger partial charge in [-0.25, -0.2) is 0 Å². The molecule has 0 radical (unpaired) electrons. The van der Waals surface area contributed by atoms with E-state index in [0.717, 1.165) is 20.5 Å². The van der Waals surface area contributed by atoms with Crippen LogP contribution >= 0.6 is 15.9 Å². The van der Waals surface area contributed by atoms with Crippen molar-refractivity contribution < 1.29 is 23.9 Å². The largest absolute Gasteiger partial charge is 0.456 e. The van der Waals surface area contributed by atoms with Crippen LogP contribution in [0, 0.1) is 13.8 Å². The Kier molecular flexibility index (Phi) is 6.66. The fourth-order valence-electron chi connectivity index (χ4n) is 3.12. The molecule has 1 aliphatic rings. The number of carbonyl (C=O) groups is 4. The highest BCUT2D eigenvalue weighted by Crippen LogP contribution is 2.24. The zero-order valence-corrected chi connectivity index (χ0v) is 18.2. The molecular formula is C22H21BrN2O5. The summed E-state index contributed by atoms with van der Waals surface area (Å²) in [5.74, 6) is -1.73. The standard InChI is InChI=1S/C22H21BrN2O5/c1-13-5-7-15-16(10-13)22(29)25(21(15)28)9-3-4-20(27)30-12-19(26)24-18-8-6-14(2)11-17(18)23/h5-8,10-11H,3-4,9,12H2,1-2H3,(H,24,26). The molecule has 1 N–H and O–H groups in total. The van der Waals surface area contributed by atoms with Crippen LogP contribution in [0.3, 0.4) is 0 Å². The summed E-state index contributed by atoms with van der Waals surface area (Å²) in [6.45, 7) is 3.49. The molecule has 0 aromatic heterocycles. The highest BCUT2D eigenvalue weighted by molar-refractivity contribution is 9.10. The molecule has 2 aromatic rings. The van der Waals surface area contributed by atoms with Crippen molar-refractivity contribution in [3.05, 3.63) is 63.1 Å². The normalized spacial score (nSPS) is 12.7. The van der Waals surface area contributed by atoms with Crippen LogP contribution in [0.25, 0.3) is 0 Å². The van der Waals surface area contributed by atoms with Crippen molar-refractivity contribution in [2.75, 3.05) is 18.5 Å². The third kappa shape index (κ3) is 4.94. The lowest BCUT2D eigenvalue weighted by Crippen LogP contribution is -2.31. The number of imide groups is 1. The van der Waals surface area contributed by atoms with Crippen molar-refractivity contribution in [1.82, 2.24) is 4.90 Å². The summed E-state index contributed by atoms with van der Waals surface area (Å²) < 4.78 is 5.72. The minimum atomic E-state index is -0.569. The van der Waals surface area contributed by atoms with Crippen molar-refractivity contribution in [1.29, 1.82) is 0 Å². The minimum Gasteiger partial charge on any atom is -0.456 e. The predicted molar refractivity (Wildman–Crippen MR) is 114 cm³/mol. The van der Waals surface area contributed by atoms with Crippen molar-refractivity contribution in [3.8, 4) is 0 Å². The molecule has 3 rings (SSSR count). The number of carbonyl (C=O) groups excluding carboxylic acids is 4. The van der Waals surface area contributed by atoms with E-state index < -0.39 is 18.5 Å². The molecule has 156 valence electrons. The Bertz CT molecular complexity index is 1030. The number of nitrogens with one attached hydrogen (secondary N) is 1. The van der Waals surface area contributed by atoms with Gasteiger partial charge in [-0.05, 0) is 66.0 Å². The van der Waals surface area contributed by atoms with Gasteiger partial charge in [-0.3, -0.25) is 24.1 Å². The van der Waals surface area contributed by atoms with E-state index in [4.69, 9.17) is 4.74 Å². The molecule has 7 nitrogen and oxygen atoms in total. The molecular weight excluding hydrogens is 452 g/mol. The van der Waals surface area contributed by atoms with Crippen LogP contribution < -0.4 is 5.32 Å². The van der Waals surface area contributed by atoms with Crippen molar-refractivity contribution in [3.63, 3.8) is 0 Å². The number of amides is 3. The maximum Gasteiger partial charge on any atom is 0.306 e. The highest BCUT2D eigenvalue weighted by Gasteiger charge is 2.35. The van der Waals surface area contributed by atoms with Gasteiger partial charge in [0.25, 0.3) is 17.7 Å². The summed E-state index contributed by atoms with van der Waals surface area (Å²) in [6.07, 6.45) is 0.252. The number of fused-ring (bicyclic) bond motifs is 1. The molecule has 1 aliphatic heterocycles. The number of aryl methyl sites for hydroxylation is 2. The number of rotatable bonds is 7. The van der Waals surface area contributed by atoms with Crippen LogP contribution in [0.15, 0.2) is 40.9 Å². The summed E-state index contributed by atoms with van der Waals surface area (Å²) in [5, 5.41) is 2.66. The van der Waals surface area contributed by atoms with Gasteiger partial charge in [0.05, 0.1) is 16.8 Å². The van der Waals surface area contributed by atoms with Crippen molar-refractivity contribution in [2.24, 2.45) is 0 Å². The van der Waals surface area contributed by atoms with Crippen LogP contribution in [0.4, 0.5) is 5.69 Å². The first-order valence-electron chi connectivity index (χ1n) is 9.44. The van der Waals surface area contributed by atoms with E-state index in [2.05, 4.69) is 21.2 Å². The van der Waals surface area contributed by atoms with E-state index in [9.17, 15) is 19.2 Å². The predicted octanol–water partition coefficient (Wildman–Crippen LogP) is 3.62. The first-order valence-corrected chi connectivity index (χ1v) is 10.2. The molecule has 0 fully saturated rings. The Labute approximate surface area is 182 Å². The van der Waals surface area contributed by atoms with Gasteiger partial charge in [-0.1, -0.05) is 17.7 Å². The summed E-state index contributed by atoms with van der Waals surface area (Å²) in [7, 11) is 0. The van der Waals surface area contributed by atoms with Gasteiger partial charge in [0.2, 0.25) is 0 Å². The van der Waals surface area contributed by atoms with Crippen LogP contribution in [0.2, 0.25) is 0 Å². The van der Waals surface area contributed by atoms with Gasteiger partial charge < -0.3 is 10.1 Å². The molecule has 2 aromatic carbocycles. The lowest BCUT2D eigenvalue weighted by molar-refractivity contribution is -0.147. The second-order valence-electron chi connectivity index (χ2n) is 7.11. The number of anilines is 1. The van der Waals surface area contributed by atoms with Gasteiger partial charge >= 0.3 is 5.97 Å². The van der Waals surface area contributed by atoms with Gasteiger partial charge in [-0.15, -0.1) is 0 Å². The zero-order chi connectivity index (χ0) is 21.8. The molecule has 0 saturated carbocycles. The van der Waals surface area contributed by atoms with Gasteiger partial charge in [0.15, 0.2) is 6.61 Å². The number of ether oxygens (including phenoxy) is 1. The highest BCUT2D eigenvalue weighted by atomic mass is 79.9. The molecule has 3 amide bonds. The molecule has 8 heteroatoms. The van der Waals surface area contributed by atoms with Crippen LogP contribution in [-0.2, 0) is 14.3 Å². The molecule has 30 heavy (non-hydrogen) atoms. The maximum absolute atomic E-state index is 12.4. The second kappa shape index (κ2) is 9.21. The number of hydrogen-bond donors (Lipinski definition) is 1. The Morgan fingerprint density at radius 3 is 2.40 bits per heavy atom. The minimum absolute atomic E-state index is 0.00601. The number of esters is 1. The SMILES string of the molecule is Cc1ccc(NC(=O)COC(=O)CCCN2C(=O)c3ccc(C)cc3C2=O)c(Br)c1. The first-order chi connectivity index (χ1) is 14.3. The summed E-state index contributed by atoms with van der Waals surface area (Å²) in [5.41, 5.74) is 3.30. The molecule has 0 aliphatic carbocycles. The van der Waals surface area contributed by atoms with E-state index >= 15 is 0 Å². The molecule has 1 heterocycles. The monoisotopic (exact) mass is 472 g/mol. The van der Waals surface area contributed by atoms with E-state index in [1.165, 1.54) is 0 Å². The third-order valence-corrected chi connectivity index (χ3v) is 5.31. The van der Waals surface area contributed by atoms with Gasteiger partial charge in [0.1, 0.15) is 0 Å². The quantitative estimate of drug-likeness (QED) is 0.490. The fourth-order valence-corrected chi connectivity index (χ4v) is 3.71. The van der Waals surface area contributed by atoms with Crippen molar-refractivity contribution in [2.45, 2.75) is 26.7 Å². The van der Waals surface area contributed by atoms with E-state index in [0.29, 0.717) is 16.8 Å². The molecule has 0 unspecified atom stereocenters. The van der Waals surface area contributed by atoms with Gasteiger partial charge in [0, 0.05) is 17.4 Å². The molecule has 0 spiro atoms.